The fraction of sp³-hybridized carbons (Fsp3) is 0.538. The molecule has 1 aromatic rings. The third-order valence-corrected chi connectivity index (χ3v) is 3.26. The Labute approximate surface area is 101 Å². The zero-order valence-corrected chi connectivity index (χ0v) is 10.2. The van der Waals surface area contributed by atoms with E-state index in [0.717, 1.165) is 25.2 Å². The molecule has 0 aromatic heterocycles. The summed E-state index contributed by atoms with van der Waals surface area (Å²) in [6.07, 6.45) is 0.525. The van der Waals surface area contributed by atoms with Crippen LogP contribution >= 0.6 is 0 Å². The molecule has 1 aliphatic rings. The van der Waals surface area contributed by atoms with Crippen molar-refractivity contribution in [1.29, 1.82) is 0 Å². The Balaban J connectivity index is 2.26. The summed E-state index contributed by atoms with van der Waals surface area (Å²) in [5.41, 5.74) is 1.54. The van der Waals surface area contributed by atoms with Gasteiger partial charge in [-0.2, -0.15) is 0 Å². The van der Waals surface area contributed by atoms with E-state index >= 15 is 0 Å². The Morgan fingerprint density at radius 2 is 2.29 bits per heavy atom. The number of aliphatic hydroxyl groups excluding tert-OH is 1. The Hall–Kier alpha value is -1.13. The topological polar surface area (TPSA) is 32.7 Å². The average Bonchev–Trinajstić information content (AvgIpc) is 2.77. The molecule has 0 aliphatic carbocycles. The maximum absolute atomic E-state index is 13.2. The monoisotopic (exact) mass is 239 g/mol. The number of hydrogen-bond donors (Lipinski definition) is 1. The Bertz CT molecular complexity index is 395. The second-order valence-corrected chi connectivity index (χ2v) is 4.47. The van der Waals surface area contributed by atoms with Crippen LogP contribution in [0.3, 0.4) is 0 Å². The standard InChI is InChI=1S/C13H18FNO2/c1-9(16)12-7-10(14)3-4-13(12)15-6-5-11(8-15)17-2/h3-4,7,9,11,16H,5-6,8H2,1-2H3/t9-,11?/m0/s1. The highest BCUT2D eigenvalue weighted by atomic mass is 19.1. The number of benzene rings is 1. The third kappa shape index (κ3) is 2.58. The molecule has 0 bridgehead atoms. The Kier molecular flexibility index (Phi) is 3.64. The molecule has 0 saturated carbocycles. The number of hydrogen-bond acceptors (Lipinski definition) is 3. The smallest absolute Gasteiger partial charge is 0.123 e. The van der Waals surface area contributed by atoms with Crippen molar-refractivity contribution in [3.63, 3.8) is 0 Å². The number of halogens is 1. The van der Waals surface area contributed by atoms with E-state index in [1.54, 1.807) is 20.1 Å². The minimum absolute atomic E-state index is 0.224. The van der Waals surface area contributed by atoms with Crippen molar-refractivity contribution >= 4 is 5.69 Å². The molecule has 1 unspecified atom stereocenters. The van der Waals surface area contributed by atoms with Gasteiger partial charge < -0.3 is 14.7 Å². The molecule has 3 nitrogen and oxygen atoms in total. The second-order valence-electron chi connectivity index (χ2n) is 4.47. The predicted octanol–water partition coefficient (Wildman–Crippen LogP) is 2.10. The molecule has 1 fully saturated rings. The van der Waals surface area contributed by atoms with Crippen LogP contribution in [0.5, 0.6) is 0 Å². The summed E-state index contributed by atoms with van der Waals surface area (Å²) < 4.78 is 18.5. The van der Waals surface area contributed by atoms with E-state index in [0.29, 0.717) is 5.56 Å². The molecule has 1 aliphatic heterocycles. The van der Waals surface area contributed by atoms with Gasteiger partial charge in [0.15, 0.2) is 0 Å². The number of nitrogens with zero attached hydrogens (tertiary/aromatic N) is 1. The summed E-state index contributed by atoms with van der Waals surface area (Å²) in [4.78, 5) is 2.13. The molecule has 1 aromatic carbocycles. The molecule has 2 rings (SSSR count). The molecule has 17 heavy (non-hydrogen) atoms. The zero-order valence-electron chi connectivity index (χ0n) is 10.2. The van der Waals surface area contributed by atoms with Crippen molar-refractivity contribution in [1.82, 2.24) is 0 Å². The fourth-order valence-electron chi connectivity index (χ4n) is 2.29. The van der Waals surface area contributed by atoms with Crippen molar-refractivity contribution in [2.24, 2.45) is 0 Å². The normalized spacial score (nSPS) is 21.9. The largest absolute Gasteiger partial charge is 0.389 e. The van der Waals surface area contributed by atoms with E-state index in [2.05, 4.69) is 4.90 Å². The van der Waals surface area contributed by atoms with Crippen LogP contribution in [0, 0.1) is 5.82 Å². The number of aliphatic hydroxyl groups is 1. The number of methoxy groups -OCH3 is 1. The summed E-state index contributed by atoms with van der Waals surface area (Å²) in [5.74, 6) is -0.313. The lowest BCUT2D eigenvalue weighted by molar-refractivity contribution is 0.121. The lowest BCUT2D eigenvalue weighted by Gasteiger charge is -2.23. The minimum Gasteiger partial charge on any atom is -0.389 e. The van der Waals surface area contributed by atoms with Gasteiger partial charge in [0.25, 0.3) is 0 Å². The highest BCUT2D eigenvalue weighted by Gasteiger charge is 2.24. The summed E-state index contributed by atoms with van der Waals surface area (Å²) >= 11 is 0. The first-order valence-corrected chi connectivity index (χ1v) is 5.87. The lowest BCUT2D eigenvalue weighted by Crippen LogP contribution is -2.23. The number of anilines is 1. The van der Waals surface area contributed by atoms with Crippen LogP contribution < -0.4 is 4.90 Å². The van der Waals surface area contributed by atoms with Gasteiger partial charge >= 0.3 is 0 Å². The molecular weight excluding hydrogens is 221 g/mol. The summed E-state index contributed by atoms with van der Waals surface area (Å²) in [7, 11) is 1.70. The van der Waals surface area contributed by atoms with Crippen LogP contribution in [-0.4, -0.2) is 31.4 Å². The van der Waals surface area contributed by atoms with E-state index in [4.69, 9.17) is 4.74 Å². The van der Waals surface area contributed by atoms with Crippen LogP contribution in [0.2, 0.25) is 0 Å². The van der Waals surface area contributed by atoms with Crippen molar-refractivity contribution in [2.75, 3.05) is 25.1 Å². The van der Waals surface area contributed by atoms with Crippen LogP contribution in [0.15, 0.2) is 18.2 Å². The predicted molar refractivity (Wildman–Crippen MR) is 64.7 cm³/mol. The molecule has 94 valence electrons. The van der Waals surface area contributed by atoms with Gasteiger partial charge in [0.1, 0.15) is 5.82 Å². The van der Waals surface area contributed by atoms with E-state index < -0.39 is 6.10 Å². The Morgan fingerprint density at radius 3 is 2.88 bits per heavy atom. The third-order valence-electron chi connectivity index (χ3n) is 3.26. The van der Waals surface area contributed by atoms with Crippen LogP contribution in [0.1, 0.15) is 25.0 Å². The second kappa shape index (κ2) is 5.02. The van der Waals surface area contributed by atoms with Crippen molar-refractivity contribution in [3.8, 4) is 0 Å². The van der Waals surface area contributed by atoms with Gasteiger partial charge in [0, 0.05) is 31.5 Å². The number of rotatable bonds is 3. The Morgan fingerprint density at radius 1 is 1.53 bits per heavy atom. The van der Waals surface area contributed by atoms with Gasteiger partial charge in [-0.05, 0) is 31.5 Å². The van der Waals surface area contributed by atoms with Gasteiger partial charge in [-0.25, -0.2) is 4.39 Å². The summed E-state index contributed by atoms with van der Waals surface area (Å²) in [5, 5.41) is 9.69. The first kappa shape index (κ1) is 12.3. The summed E-state index contributed by atoms with van der Waals surface area (Å²) in [6.45, 7) is 3.33. The molecule has 0 radical (unpaired) electrons. The summed E-state index contributed by atoms with van der Waals surface area (Å²) in [6, 6.07) is 4.57. The highest BCUT2D eigenvalue weighted by Crippen LogP contribution is 2.30. The van der Waals surface area contributed by atoms with Crippen LogP contribution in [-0.2, 0) is 4.74 Å². The maximum Gasteiger partial charge on any atom is 0.123 e. The maximum atomic E-state index is 13.2. The van der Waals surface area contributed by atoms with Crippen LogP contribution in [0.25, 0.3) is 0 Å². The van der Waals surface area contributed by atoms with E-state index in [-0.39, 0.29) is 11.9 Å². The molecule has 0 spiro atoms. The molecule has 2 atom stereocenters. The van der Waals surface area contributed by atoms with Crippen molar-refractivity contribution < 1.29 is 14.2 Å². The SMILES string of the molecule is COC1CCN(c2ccc(F)cc2[C@H](C)O)C1. The average molecular weight is 239 g/mol. The van der Waals surface area contributed by atoms with E-state index in [9.17, 15) is 9.50 Å². The fourth-order valence-corrected chi connectivity index (χ4v) is 2.29. The lowest BCUT2D eigenvalue weighted by atomic mass is 10.1. The zero-order chi connectivity index (χ0) is 12.4. The van der Waals surface area contributed by atoms with Gasteiger partial charge in [0.05, 0.1) is 12.2 Å². The van der Waals surface area contributed by atoms with Crippen molar-refractivity contribution in [2.45, 2.75) is 25.6 Å². The van der Waals surface area contributed by atoms with Gasteiger partial charge in [0.2, 0.25) is 0 Å². The van der Waals surface area contributed by atoms with Gasteiger partial charge in [-0.15, -0.1) is 0 Å². The first-order chi connectivity index (χ1) is 8.11. The van der Waals surface area contributed by atoms with Crippen LogP contribution in [0.4, 0.5) is 10.1 Å². The van der Waals surface area contributed by atoms with Crippen molar-refractivity contribution in [3.05, 3.63) is 29.6 Å². The quantitative estimate of drug-likeness (QED) is 0.876. The molecule has 1 heterocycles. The molecule has 1 N–H and O–H groups in total. The molecule has 4 heteroatoms. The molecule has 1 saturated heterocycles. The van der Waals surface area contributed by atoms with Gasteiger partial charge in [-0.3, -0.25) is 0 Å². The first-order valence-electron chi connectivity index (χ1n) is 5.87. The van der Waals surface area contributed by atoms with E-state index in [1.807, 2.05) is 0 Å². The van der Waals surface area contributed by atoms with Gasteiger partial charge in [-0.1, -0.05) is 0 Å². The number of ether oxygens (including phenoxy) is 1. The highest BCUT2D eigenvalue weighted by molar-refractivity contribution is 5.55. The van der Waals surface area contributed by atoms with E-state index in [1.165, 1.54) is 12.1 Å². The molecular formula is C13H18FNO2. The molecule has 0 amide bonds. The minimum atomic E-state index is -0.665.